The minimum atomic E-state index is -0.519. The fourth-order valence-electron chi connectivity index (χ4n) is 2.92. The first-order chi connectivity index (χ1) is 13.3. The van der Waals surface area contributed by atoms with Crippen LogP contribution in [0.2, 0.25) is 0 Å². The topological polar surface area (TPSA) is 112 Å². The van der Waals surface area contributed by atoms with Crippen molar-refractivity contribution in [3.05, 3.63) is 68.1 Å². The zero-order chi connectivity index (χ0) is 20.7. The lowest BCUT2D eigenvalue weighted by molar-refractivity contribution is -0.148. The van der Waals surface area contributed by atoms with Gasteiger partial charge in [0.05, 0.1) is 0 Å². The number of hydrogen-bond donors (Lipinski definition) is 2. The summed E-state index contributed by atoms with van der Waals surface area (Å²) >= 11 is 0. The molecule has 2 aromatic rings. The van der Waals surface area contributed by atoms with Crippen LogP contribution in [0.1, 0.15) is 39.9 Å². The van der Waals surface area contributed by atoms with E-state index in [0.29, 0.717) is 24.2 Å². The quantitative estimate of drug-likeness (QED) is 0.712. The van der Waals surface area contributed by atoms with Crippen molar-refractivity contribution >= 4 is 11.9 Å². The number of esters is 1. The number of H-pyrrole nitrogens is 1. The van der Waals surface area contributed by atoms with Crippen LogP contribution < -0.4 is 10.9 Å². The number of benzene rings is 1. The number of aromatic amines is 1. The summed E-state index contributed by atoms with van der Waals surface area (Å²) in [4.78, 5) is 38.2. The summed E-state index contributed by atoms with van der Waals surface area (Å²) in [6.45, 7) is 5.38. The highest BCUT2D eigenvalue weighted by atomic mass is 16.5. The van der Waals surface area contributed by atoms with Gasteiger partial charge in [-0.2, -0.15) is 5.26 Å². The Hall–Kier alpha value is -3.40. The van der Waals surface area contributed by atoms with Crippen LogP contribution in [0.15, 0.2) is 29.1 Å². The number of carbonyl (C=O) groups excluding carboxylic acids is 2. The molecule has 7 nitrogen and oxygen atoms in total. The van der Waals surface area contributed by atoms with Gasteiger partial charge >= 0.3 is 5.97 Å². The molecule has 2 rings (SSSR count). The van der Waals surface area contributed by atoms with Gasteiger partial charge in [0.15, 0.2) is 6.61 Å². The Morgan fingerprint density at radius 1 is 1.21 bits per heavy atom. The number of ether oxygens (including phenoxy) is 1. The molecular formula is C21H23N3O4. The average Bonchev–Trinajstić information content (AvgIpc) is 2.65. The van der Waals surface area contributed by atoms with Crippen LogP contribution in [-0.4, -0.2) is 23.5 Å². The number of nitriles is 1. The number of pyridine rings is 1. The number of carbonyl (C=O) groups is 2. The highest BCUT2D eigenvalue weighted by Gasteiger charge is 2.14. The third-order valence-corrected chi connectivity index (χ3v) is 4.60. The number of aryl methyl sites for hydroxylation is 2. The van der Waals surface area contributed by atoms with E-state index in [1.807, 2.05) is 37.3 Å². The van der Waals surface area contributed by atoms with Gasteiger partial charge in [-0.3, -0.25) is 14.4 Å². The standard InChI is InChI=1S/C21H23N3O4/c1-13-6-4-5-7-16(13)11-23-19(25)12-28-20(26)9-8-17-14(2)18(10-22)21(27)24-15(17)3/h4-7H,8-9,11-12H2,1-3H3,(H,23,25)(H,24,27). The molecule has 7 heteroatoms. The van der Waals surface area contributed by atoms with Gasteiger partial charge in [-0.1, -0.05) is 24.3 Å². The number of rotatable bonds is 7. The molecule has 28 heavy (non-hydrogen) atoms. The Morgan fingerprint density at radius 3 is 2.61 bits per heavy atom. The lowest BCUT2D eigenvalue weighted by Gasteiger charge is -2.11. The largest absolute Gasteiger partial charge is 0.456 e. The lowest BCUT2D eigenvalue weighted by atomic mass is 9.99. The van der Waals surface area contributed by atoms with Crippen molar-refractivity contribution < 1.29 is 14.3 Å². The minimum Gasteiger partial charge on any atom is -0.456 e. The van der Waals surface area contributed by atoms with E-state index in [1.165, 1.54) is 0 Å². The summed E-state index contributed by atoms with van der Waals surface area (Å²) in [5, 5.41) is 11.8. The highest BCUT2D eigenvalue weighted by Crippen LogP contribution is 2.15. The van der Waals surface area contributed by atoms with E-state index in [-0.39, 0.29) is 24.5 Å². The molecule has 0 atom stereocenters. The van der Waals surface area contributed by atoms with E-state index in [9.17, 15) is 14.4 Å². The van der Waals surface area contributed by atoms with Crippen LogP contribution in [0.25, 0.3) is 0 Å². The molecule has 0 radical (unpaired) electrons. The van der Waals surface area contributed by atoms with E-state index in [2.05, 4.69) is 10.3 Å². The molecule has 146 valence electrons. The molecule has 0 fully saturated rings. The zero-order valence-corrected chi connectivity index (χ0v) is 16.2. The van der Waals surface area contributed by atoms with Gasteiger partial charge in [0.25, 0.3) is 11.5 Å². The molecule has 1 aromatic carbocycles. The Labute approximate surface area is 163 Å². The van der Waals surface area contributed by atoms with E-state index >= 15 is 0 Å². The van der Waals surface area contributed by atoms with Crippen molar-refractivity contribution in [3.63, 3.8) is 0 Å². The Kier molecular flexibility index (Phi) is 7.10. The van der Waals surface area contributed by atoms with Crippen molar-refractivity contribution in [1.82, 2.24) is 10.3 Å². The zero-order valence-electron chi connectivity index (χ0n) is 16.2. The van der Waals surface area contributed by atoms with Crippen LogP contribution in [0.3, 0.4) is 0 Å². The fraction of sp³-hybridized carbons (Fsp3) is 0.333. The van der Waals surface area contributed by atoms with Crippen molar-refractivity contribution in [3.8, 4) is 6.07 Å². The maximum absolute atomic E-state index is 12.0. The van der Waals surface area contributed by atoms with Gasteiger partial charge in [0.2, 0.25) is 0 Å². The maximum atomic E-state index is 12.0. The van der Waals surface area contributed by atoms with E-state index < -0.39 is 11.5 Å². The van der Waals surface area contributed by atoms with E-state index in [1.54, 1.807) is 13.8 Å². The van der Waals surface area contributed by atoms with Crippen LogP contribution in [0.4, 0.5) is 0 Å². The molecular weight excluding hydrogens is 358 g/mol. The monoisotopic (exact) mass is 381 g/mol. The van der Waals surface area contributed by atoms with E-state index in [0.717, 1.165) is 16.7 Å². The molecule has 0 aliphatic carbocycles. The molecule has 2 N–H and O–H groups in total. The molecule has 0 saturated heterocycles. The normalized spacial score (nSPS) is 10.2. The Bertz CT molecular complexity index is 986. The second kappa shape index (κ2) is 9.51. The minimum absolute atomic E-state index is 0.0453. The van der Waals surface area contributed by atoms with Gasteiger partial charge < -0.3 is 15.0 Å². The summed E-state index contributed by atoms with van der Waals surface area (Å²) < 4.78 is 5.02. The molecule has 1 aromatic heterocycles. The Morgan fingerprint density at radius 2 is 1.93 bits per heavy atom. The van der Waals surface area contributed by atoms with Crippen molar-refractivity contribution in [2.24, 2.45) is 0 Å². The summed E-state index contributed by atoms with van der Waals surface area (Å²) in [5.41, 5.74) is 3.59. The lowest BCUT2D eigenvalue weighted by Crippen LogP contribution is -2.28. The molecule has 1 amide bonds. The van der Waals surface area contributed by atoms with Gasteiger partial charge in [-0.05, 0) is 49.4 Å². The van der Waals surface area contributed by atoms with Crippen molar-refractivity contribution in [2.45, 2.75) is 40.2 Å². The molecule has 0 aliphatic heterocycles. The van der Waals surface area contributed by atoms with Crippen LogP contribution in [0, 0.1) is 32.1 Å². The van der Waals surface area contributed by atoms with Gasteiger partial charge in [0.1, 0.15) is 11.6 Å². The molecule has 0 saturated carbocycles. The first-order valence-corrected chi connectivity index (χ1v) is 8.92. The number of aromatic nitrogens is 1. The third-order valence-electron chi connectivity index (χ3n) is 4.60. The third kappa shape index (κ3) is 5.30. The molecule has 0 unspecified atom stereocenters. The molecule has 0 bridgehead atoms. The summed E-state index contributed by atoms with van der Waals surface area (Å²) in [6, 6.07) is 9.58. The van der Waals surface area contributed by atoms with Crippen LogP contribution in [-0.2, 0) is 27.3 Å². The smallest absolute Gasteiger partial charge is 0.306 e. The van der Waals surface area contributed by atoms with Gasteiger partial charge in [0, 0.05) is 18.7 Å². The Balaban J connectivity index is 1.83. The van der Waals surface area contributed by atoms with Crippen LogP contribution in [0.5, 0.6) is 0 Å². The SMILES string of the molecule is Cc1ccccc1CNC(=O)COC(=O)CCc1c(C)[nH]c(=O)c(C#N)c1C. The van der Waals surface area contributed by atoms with Gasteiger partial charge in [-0.25, -0.2) is 0 Å². The average molecular weight is 381 g/mol. The molecule has 0 aliphatic rings. The first kappa shape index (κ1) is 20.9. The second-order valence-corrected chi connectivity index (χ2v) is 6.53. The van der Waals surface area contributed by atoms with Crippen molar-refractivity contribution in [1.29, 1.82) is 5.26 Å². The molecule has 0 spiro atoms. The van der Waals surface area contributed by atoms with Crippen LogP contribution >= 0.6 is 0 Å². The summed E-state index contributed by atoms with van der Waals surface area (Å²) in [7, 11) is 0. The number of nitrogens with zero attached hydrogens (tertiary/aromatic N) is 1. The molecule has 1 heterocycles. The number of nitrogens with one attached hydrogen (secondary N) is 2. The van der Waals surface area contributed by atoms with Gasteiger partial charge in [-0.15, -0.1) is 0 Å². The summed E-state index contributed by atoms with van der Waals surface area (Å²) in [5.74, 6) is -0.894. The predicted molar refractivity (Wildman–Crippen MR) is 104 cm³/mol. The fourth-order valence-corrected chi connectivity index (χ4v) is 2.92. The highest BCUT2D eigenvalue weighted by molar-refractivity contribution is 5.80. The van der Waals surface area contributed by atoms with E-state index in [4.69, 9.17) is 10.00 Å². The maximum Gasteiger partial charge on any atom is 0.306 e. The second-order valence-electron chi connectivity index (χ2n) is 6.53. The predicted octanol–water partition coefficient (Wildman–Crippen LogP) is 1.96. The first-order valence-electron chi connectivity index (χ1n) is 8.92. The number of amides is 1. The van der Waals surface area contributed by atoms with Crippen molar-refractivity contribution in [2.75, 3.05) is 6.61 Å². The number of hydrogen-bond acceptors (Lipinski definition) is 5. The summed E-state index contributed by atoms with van der Waals surface area (Å²) in [6.07, 6.45) is 0.358.